The van der Waals surface area contributed by atoms with Gasteiger partial charge in [0.25, 0.3) is 5.91 Å². The average Bonchev–Trinajstić information content (AvgIpc) is 3.29. The maximum absolute atomic E-state index is 12.3. The number of carbonyl (C=O) groups excluding carboxylic acids is 1. The number of hydrogen-bond acceptors (Lipinski definition) is 6. The monoisotopic (exact) mass is 398 g/mol. The van der Waals surface area contributed by atoms with Crippen LogP contribution in [0, 0.1) is 6.92 Å². The van der Waals surface area contributed by atoms with Crippen molar-refractivity contribution in [3.05, 3.63) is 47.0 Å². The van der Waals surface area contributed by atoms with Crippen LogP contribution in [0.3, 0.4) is 0 Å². The third kappa shape index (κ3) is 4.36. The van der Waals surface area contributed by atoms with Crippen molar-refractivity contribution in [1.29, 1.82) is 0 Å². The lowest BCUT2D eigenvalue weighted by Gasteiger charge is -2.22. The van der Waals surface area contributed by atoms with Gasteiger partial charge >= 0.3 is 0 Å². The largest absolute Gasteiger partial charge is 0.359 e. The Kier molecular flexibility index (Phi) is 5.50. The molecule has 1 fully saturated rings. The maximum Gasteiger partial charge on any atom is 0.257 e. The quantitative estimate of drug-likeness (QED) is 0.589. The van der Waals surface area contributed by atoms with Gasteiger partial charge in [-0.25, -0.2) is 9.97 Å². The zero-order chi connectivity index (χ0) is 18.6. The van der Waals surface area contributed by atoms with E-state index in [1.165, 1.54) is 43.4 Å². The van der Waals surface area contributed by atoms with E-state index < -0.39 is 0 Å². The molecule has 7 heteroatoms. The third-order valence-corrected chi connectivity index (χ3v) is 6.59. The number of benzene rings is 1. The van der Waals surface area contributed by atoms with Gasteiger partial charge in [-0.3, -0.25) is 10.1 Å². The van der Waals surface area contributed by atoms with E-state index in [2.05, 4.69) is 21.0 Å². The summed E-state index contributed by atoms with van der Waals surface area (Å²) in [6, 6.07) is 9.72. The van der Waals surface area contributed by atoms with Crippen LogP contribution in [0.5, 0.6) is 0 Å². The third-order valence-electron chi connectivity index (χ3n) is 4.72. The normalized spacial score (nSPS) is 14.9. The Labute approximate surface area is 166 Å². The Morgan fingerprint density at radius 3 is 2.63 bits per heavy atom. The summed E-state index contributed by atoms with van der Waals surface area (Å²) in [5, 5.41) is 10.1. The van der Waals surface area contributed by atoms with Crippen LogP contribution in [0.4, 0.5) is 10.3 Å². The zero-order valence-corrected chi connectivity index (χ0v) is 16.8. The van der Waals surface area contributed by atoms with Crippen molar-refractivity contribution in [3.8, 4) is 10.6 Å². The summed E-state index contributed by atoms with van der Waals surface area (Å²) in [5.74, 6) is -0.145. The van der Waals surface area contributed by atoms with Crippen LogP contribution < -0.4 is 10.6 Å². The fraction of sp³-hybridized carbons (Fsp3) is 0.350. The van der Waals surface area contributed by atoms with Gasteiger partial charge in [-0.05, 0) is 31.9 Å². The fourth-order valence-corrected chi connectivity index (χ4v) is 5.09. The predicted octanol–water partition coefficient (Wildman–Crippen LogP) is 5.57. The Bertz CT molecular complexity index is 913. The number of amides is 1. The Balaban J connectivity index is 1.46. The summed E-state index contributed by atoms with van der Waals surface area (Å²) in [6.45, 7) is 1.96. The van der Waals surface area contributed by atoms with E-state index in [0.29, 0.717) is 16.7 Å². The maximum atomic E-state index is 12.3. The first-order chi connectivity index (χ1) is 13.2. The highest BCUT2D eigenvalue weighted by Crippen LogP contribution is 2.35. The van der Waals surface area contributed by atoms with Crippen LogP contribution in [-0.4, -0.2) is 21.9 Å². The molecule has 1 amide bonds. The van der Waals surface area contributed by atoms with Crippen LogP contribution in [-0.2, 0) is 0 Å². The molecule has 2 aromatic heterocycles. The number of hydrogen-bond donors (Lipinski definition) is 2. The number of aromatic nitrogens is 2. The van der Waals surface area contributed by atoms with E-state index in [1.54, 1.807) is 23.5 Å². The first kappa shape index (κ1) is 18.1. The van der Waals surface area contributed by atoms with Crippen molar-refractivity contribution in [2.24, 2.45) is 0 Å². The number of nitrogens with one attached hydrogen (secondary N) is 2. The van der Waals surface area contributed by atoms with Crippen LogP contribution in [0.2, 0.25) is 0 Å². The van der Waals surface area contributed by atoms with Gasteiger partial charge < -0.3 is 5.32 Å². The lowest BCUT2D eigenvalue weighted by Crippen LogP contribution is -2.21. The molecule has 0 aliphatic heterocycles. The second kappa shape index (κ2) is 8.19. The van der Waals surface area contributed by atoms with Crippen molar-refractivity contribution in [1.82, 2.24) is 9.97 Å². The van der Waals surface area contributed by atoms with Gasteiger partial charge in [0.15, 0.2) is 10.3 Å². The lowest BCUT2D eigenvalue weighted by atomic mass is 9.96. The summed E-state index contributed by atoms with van der Waals surface area (Å²) < 4.78 is 0. The first-order valence-corrected chi connectivity index (χ1v) is 10.9. The van der Waals surface area contributed by atoms with Crippen LogP contribution >= 0.6 is 22.7 Å². The highest BCUT2D eigenvalue weighted by Gasteiger charge is 2.18. The SMILES string of the molecule is Cc1nc(NC(=O)c2ccccc2)sc1-c1csc(NC2CCCCC2)n1. The van der Waals surface area contributed by atoms with E-state index in [9.17, 15) is 4.79 Å². The van der Waals surface area contributed by atoms with Gasteiger partial charge in [0.1, 0.15) is 0 Å². The number of thiazole rings is 2. The second-order valence-electron chi connectivity index (χ2n) is 6.77. The van der Waals surface area contributed by atoms with E-state index in [1.807, 2.05) is 25.1 Å². The van der Waals surface area contributed by atoms with Crippen molar-refractivity contribution in [2.75, 3.05) is 10.6 Å². The molecule has 2 N–H and O–H groups in total. The van der Waals surface area contributed by atoms with E-state index in [-0.39, 0.29) is 5.91 Å². The van der Waals surface area contributed by atoms with Gasteiger partial charge in [0.05, 0.1) is 16.3 Å². The predicted molar refractivity (Wildman–Crippen MR) is 113 cm³/mol. The minimum Gasteiger partial charge on any atom is -0.359 e. The van der Waals surface area contributed by atoms with E-state index >= 15 is 0 Å². The molecular weight excluding hydrogens is 376 g/mol. The molecule has 0 atom stereocenters. The molecule has 0 spiro atoms. The molecule has 0 unspecified atom stereocenters. The number of carbonyl (C=O) groups is 1. The van der Waals surface area contributed by atoms with Crippen molar-refractivity contribution >= 4 is 38.8 Å². The number of anilines is 2. The minimum atomic E-state index is -0.145. The van der Waals surface area contributed by atoms with Crippen LogP contribution in [0.25, 0.3) is 10.6 Å². The van der Waals surface area contributed by atoms with Crippen molar-refractivity contribution in [2.45, 2.75) is 45.1 Å². The molecule has 0 saturated heterocycles. The Morgan fingerprint density at radius 2 is 1.85 bits per heavy atom. The van der Waals surface area contributed by atoms with Gasteiger partial charge in [-0.15, -0.1) is 11.3 Å². The van der Waals surface area contributed by atoms with Crippen LogP contribution in [0.15, 0.2) is 35.7 Å². The van der Waals surface area contributed by atoms with Gasteiger partial charge in [0, 0.05) is 17.0 Å². The molecule has 27 heavy (non-hydrogen) atoms. The van der Waals surface area contributed by atoms with E-state index in [4.69, 9.17) is 4.98 Å². The highest BCUT2D eigenvalue weighted by molar-refractivity contribution is 7.20. The Morgan fingerprint density at radius 1 is 1.07 bits per heavy atom. The zero-order valence-electron chi connectivity index (χ0n) is 15.2. The standard InChI is InChI=1S/C20H22N4OS2/c1-13-17(16-12-26-19(23-16)22-15-10-6-3-7-11-15)27-20(21-13)24-18(25)14-8-4-2-5-9-14/h2,4-5,8-9,12,15H,3,6-7,10-11H2,1H3,(H,22,23)(H,21,24,25). The van der Waals surface area contributed by atoms with Crippen molar-refractivity contribution in [3.63, 3.8) is 0 Å². The summed E-state index contributed by atoms with van der Waals surface area (Å²) in [6.07, 6.45) is 6.40. The first-order valence-electron chi connectivity index (χ1n) is 9.25. The summed E-state index contributed by atoms with van der Waals surface area (Å²) in [7, 11) is 0. The molecule has 0 bridgehead atoms. The summed E-state index contributed by atoms with van der Waals surface area (Å²) >= 11 is 3.10. The molecule has 3 aromatic rings. The summed E-state index contributed by atoms with van der Waals surface area (Å²) in [4.78, 5) is 22.6. The number of rotatable bonds is 5. The highest BCUT2D eigenvalue weighted by atomic mass is 32.1. The average molecular weight is 399 g/mol. The molecule has 4 rings (SSSR count). The number of aryl methyl sites for hydroxylation is 1. The second-order valence-corrected chi connectivity index (χ2v) is 8.63. The van der Waals surface area contributed by atoms with Crippen LogP contribution in [0.1, 0.15) is 48.2 Å². The Hall–Kier alpha value is -2.25. The number of nitrogens with zero attached hydrogens (tertiary/aromatic N) is 2. The van der Waals surface area contributed by atoms with Crippen molar-refractivity contribution < 1.29 is 4.79 Å². The molecule has 1 aromatic carbocycles. The fourth-order valence-electron chi connectivity index (χ4n) is 3.31. The molecule has 1 aliphatic rings. The van der Waals surface area contributed by atoms with Gasteiger partial charge in [-0.1, -0.05) is 48.8 Å². The molecule has 5 nitrogen and oxygen atoms in total. The summed E-state index contributed by atoms with van der Waals surface area (Å²) in [5.41, 5.74) is 2.44. The van der Waals surface area contributed by atoms with Gasteiger partial charge in [-0.2, -0.15) is 0 Å². The smallest absolute Gasteiger partial charge is 0.257 e. The molecular formula is C20H22N4OS2. The van der Waals surface area contributed by atoms with Gasteiger partial charge in [0.2, 0.25) is 0 Å². The minimum absolute atomic E-state index is 0.145. The molecule has 1 aliphatic carbocycles. The topological polar surface area (TPSA) is 66.9 Å². The molecule has 2 heterocycles. The molecule has 140 valence electrons. The van der Waals surface area contributed by atoms with E-state index in [0.717, 1.165) is 21.4 Å². The lowest BCUT2D eigenvalue weighted by molar-refractivity contribution is 0.102. The molecule has 0 radical (unpaired) electrons. The molecule has 1 saturated carbocycles.